The average Bonchev–Trinajstić information content (AvgIpc) is 2.50. The van der Waals surface area contributed by atoms with Crippen LogP contribution in [0.25, 0.3) is 0 Å². The normalized spacial score (nSPS) is 13.3. The molecule has 0 saturated heterocycles. The van der Waals surface area contributed by atoms with Crippen molar-refractivity contribution in [3.05, 3.63) is 23.8 Å². The number of anilines is 1. The van der Waals surface area contributed by atoms with Gasteiger partial charge in [0.25, 0.3) is 5.91 Å². The van der Waals surface area contributed by atoms with Crippen LogP contribution in [-0.2, 0) is 14.3 Å². The van der Waals surface area contributed by atoms with E-state index in [4.69, 9.17) is 14.6 Å². The molecule has 0 fully saturated rings. The molecule has 22 heavy (non-hydrogen) atoms. The molecule has 0 radical (unpaired) electrons. The molecule has 0 aromatic heterocycles. The van der Waals surface area contributed by atoms with Crippen LogP contribution in [0, 0.1) is 0 Å². The standard InChI is InChI=1S/C14H16N2O6/c1-21-5-4-15-12(17)7-16-10-3-2-9(14(19)20)6-11(10)22-8-13(16)18/h2-3,6H,4-5,7-8H2,1H3,(H,15,17)(H,19,20). The number of nitrogens with one attached hydrogen (secondary N) is 1. The maximum absolute atomic E-state index is 11.9. The van der Waals surface area contributed by atoms with Gasteiger partial charge in [-0.25, -0.2) is 4.79 Å². The van der Waals surface area contributed by atoms with Crippen LogP contribution in [0.3, 0.4) is 0 Å². The number of ether oxygens (including phenoxy) is 2. The molecule has 0 aliphatic carbocycles. The largest absolute Gasteiger partial charge is 0.482 e. The maximum atomic E-state index is 11.9. The molecule has 1 aromatic rings. The fourth-order valence-corrected chi connectivity index (χ4v) is 2.00. The van der Waals surface area contributed by atoms with Crippen LogP contribution >= 0.6 is 0 Å². The fourth-order valence-electron chi connectivity index (χ4n) is 2.00. The lowest BCUT2D eigenvalue weighted by molar-refractivity contribution is -0.125. The zero-order valence-corrected chi connectivity index (χ0v) is 12.0. The Labute approximate surface area is 126 Å². The second-order valence-electron chi connectivity index (χ2n) is 4.60. The number of hydrogen-bond acceptors (Lipinski definition) is 5. The summed E-state index contributed by atoms with van der Waals surface area (Å²) >= 11 is 0. The summed E-state index contributed by atoms with van der Waals surface area (Å²) in [6, 6.07) is 4.15. The highest BCUT2D eigenvalue weighted by Gasteiger charge is 2.27. The number of carbonyl (C=O) groups excluding carboxylic acids is 2. The molecule has 0 bridgehead atoms. The Kier molecular flexibility index (Phi) is 4.95. The van der Waals surface area contributed by atoms with Crippen LogP contribution in [-0.4, -0.2) is 56.3 Å². The number of nitrogens with zero attached hydrogens (tertiary/aromatic N) is 1. The molecule has 118 valence electrons. The Bertz CT molecular complexity index is 601. The molecule has 0 saturated carbocycles. The van der Waals surface area contributed by atoms with E-state index in [-0.39, 0.29) is 36.3 Å². The van der Waals surface area contributed by atoms with E-state index < -0.39 is 5.97 Å². The molecule has 8 heteroatoms. The summed E-state index contributed by atoms with van der Waals surface area (Å²) in [5, 5.41) is 11.6. The van der Waals surface area contributed by atoms with Gasteiger partial charge in [-0.3, -0.25) is 14.5 Å². The maximum Gasteiger partial charge on any atom is 0.335 e. The van der Waals surface area contributed by atoms with Gasteiger partial charge in [0.1, 0.15) is 12.3 Å². The third-order valence-electron chi connectivity index (χ3n) is 3.08. The summed E-state index contributed by atoms with van der Waals surface area (Å²) in [6.45, 7) is 0.326. The Morgan fingerprint density at radius 1 is 1.45 bits per heavy atom. The van der Waals surface area contributed by atoms with E-state index in [0.717, 1.165) is 0 Å². The van der Waals surface area contributed by atoms with Gasteiger partial charge in [0.2, 0.25) is 5.91 Å². The number of fused-ring (bicyclic) bond motifs is 1. The van der Waals surface area contributed by atoms with E-state index in [1.807, 2.05) is 0 Å². The summed E-state index contributed by atoms with van der Waals surface area (Å²) in [5.74, 6) is -1.52. The minimum atomic E-state index is -1.09. The van der Waals surface area contributed by atoms with Crippen LogP contribution < -0.4 is 15.0 Å². The van der Waals surface area contributed by atoms with Gasteiger partial charge in [0, 0.05) is 13.7 Å². The minimum Gasteiger partial charge on any atom is -0.482 e. The molecule has 2 amide bonds. The van der Waals surface area contributed by atoms with Crippen molar-refractivity contribution < 1.29 is 29.0 Å². The number of rotatable bonds is 6. The number of methoxy groups -OCH3 is 1. The van der Waals surface area contributed by atoms with Crippen molar-refractivity contribution in [3.8, 4) is 5.75 Å². The third-order valence-corrected chi connectivity index (χ3v) is 3.08. The van der Waals surface area contributed by atoms with E-state index in [2.05, 4.69) is 5.32 Å². The summed E-state index contributed by atoms with van der Waals surface area (Å²) in [7, 11) is 1.52. The van der Waals surface area contributed by atoms with Gasteiger partial charge in [-0.05, 0) is 18.2 Å². The first-order chi connectivity index (χ1) is 10.5. The molecule has 0 spiro atoms. The van der Waals surface area contributed by atoms with Crippen molar-refractivity contribution >= 4 is 23.5 Å². The predicted molar refractivity (Wildman–Crippen MR) is 76.1 cm³/mol. The van der Waals surface area contributed by atoms with Crippen LogP contribution in [0.2, 0.25) is 0 Å². The molecule has 8 nitrogen and oxygen atoms in total. The third kappa shape index (κ3) is 3.53. The van der Waals surface area contributed by atoms with Gasteiger partial charge in [0.15, 0.2) is 6.61 Å². The second kappa shape index (κ2) is 6.90. The predicted octanol–water partition coefficient (Wildman–Crippen LogP) is -0.127. The van der Waals surface area contributed by atoms with Crippen molar-refractivity contribution in [2.75, 3.05) is 38.3 Å². The van der Waals surface area contributed by atoms with Gasteiger partial charge in [-0.15, -0.1) is 0 Å². The van der Waals surface area contributed by atoms with Crippen LogP contribution in [0.5, 0.6) is 5.75 Å². The molecule has 2 rings (SSSR count). The smallest absolute Gasteiger partial charge is 0.335 e. The Balaban J connectivity index is 2.14. The van der Waals surface area contributed by atoms with Gasteiger partial charge in [-0.2, -0.15) is 0 Å². The summed E-state index contributed by atoms with van der Waals surface area (Å²) in [4.78, 5) is 36.0. The first-order valence-electron chi connectivity index (χ1n) is 6.59. The molecule has 2 N–H and O–H groups in total. The highest BCUT2D eigenvalue weighted by Crippen LogP contribution is 2.32. The summed E-state index contributed by atoms with van der Waals surface area (Å²) in [6.07, 6.45) is 0. The fraction of sp³-hybridized carbons (Fsp3) is 0.357. The van der Waals surface area contributed by atoms with E-state index in [1.54, 1.807) is 0 Å². The lowest BCUT2D eigenvalue weighted by atomic mass is 10.1. The van der Waals surface area contributed by atoms with Gasteiger partial charge in [-0.1, -0.05) is 0 Å². The first-order valence-corrected chi connectivity index (χ1v) is 6.59. The van der Waals surface area contributed by atoms with E-state index in [1.165, 1.54) is 30.2 Å². The number of benzene rings is 1. The number of carboxylic acid groups (broad SMARTS) is 1. The molecule has 1 aromatic carbocycles. The monoisotopic (exact) mass is 308 g/mol. The van der Waals surface area contributed by atoms with Gasteiger partial charge < -0.3 is 19.9 Å². The van der Waals surface area contributed by atoms with E-state index in [0.29, 0.717) is 18.8 Å². The van der Waals surface area contributed by atoms with Crippen LogP contribution in [0.15, 0.2) is 18.2 Å². The van der Waals surface area contributed by atoms with Crippen molar-refractivity contribution in [2.24, 2.45) is 0 Å². The molecule has 0 unspecified atom stereocenters. The number of hydrogen-bond donors (Lipinski definition) is 2. The van der Waals surface area contributed by atoms with Gasteiger partial charge >= 0.3 is 5.97 Å². The number of aromatic carboxylic acids is 1. The topological polar surface area (TPSA) is 105 Å². The number of carboxylic acids is 1. The molecular formula is C14H16N2O6. The van der Waals surface area contributed by atoms with Crippen LogP contribution in [0.1, 0.15) is 10.4 Å². The molecule has 0 atom stereocenters. The van der Waals surface area contributed by atoms with E-state index >= 15 is 0 Å². The second-order valence-corrected chi connectivity index (χ2v) is 4.60. The van der Waals surface area contributed by atoms with E-state index in [9.17, 15) is 14.4 Å². The quantitative estimate of drug-likeness (QED) is 0.709. The van der Waals surface area contributed by atoms with Gasteiger partial charge in [0.05, 0.1) is 17.9 Å². The number of amides is 2. The van der Waals surface area contributed by atoms with Crippen molar-refractivity contribution in [3.63, 3.8) is 0 Å². The SMILES string of the molecule is COCCNC(=O)CN1C(=O)COc2cc(C(=O)O)ccc21. The summed E-state index contributed by atoms with van der Waals surface area (Å²) < 4.78 is 10.1. The summed E-state index contributed by atoms with van der Waals surface area (Å²) in [5.41, 5.74) is 0.431. The Morgan fingerprint density at radius 2 is 2.23 bits per heavy atom. The molecular weight excluding hydrogens is 292 g/mol. The highest BCUT2D eigenvalue weighted by molar-refractivity contribution is 6.02. The van der Waals surface area contributed by atoms with Crippen molar-refractivity contribution in [2.45, 2.75) is 0 Å². The zero-order chi connectivity index (χ0) is 16.1. The molecule has 1 aliphatic rings. The minimum absolute atomic E-state index is 0.0533. The Morgan fingerprint density at radius 3 is 2.91 bits per heavy atom. The van der Waals surface area contributed by atoms with Crippen LogP contribution in [0.4, 0.5) is 5.69 Å². The highest BCUT2D eigenvalue weighted by atomic mass is 16.5. The van der Waals surface area contributed by atoms with Crippen molar-refractivity contribution in [1.29, 1.82) is 0 Å². The Hall–Kier alpha value is -2.61. The lowest BCUT2D eigenvalue weighted by Crippen LogP contribution is -2.45. The van der Waals surface area contributed by atoms with Crippen molar-refractivity contribution in [1.82, 2.24) is 5.32 Å². The average molecular weight is 308 g/mol. The first kappa shape index (κ1) is 15.8. The zero-order valence-electron chi connectivity index (χ0n) is 12.0. The molecule has 1 aliphatic heterocycles. The molecule has 1 heterocycles. The number of carbonyl (C=O) groups is 3. The lowest BCUT2D eigenvalue weighted by Gasteiger charge is -2.29.